The zero-order valence-corrected chi connectivity index (χ0v) is 15.2. The molecule has 0 saturated carbocycles. The number of ether oxygens (including phenoxy) is 1. The van der Waals surface area contributed by atoms with E-state index in [1.165, 1.54) is 0 Å². The van der Waals surface area contributed by atoms with Crippen LogP contribution in [0.1, 0.15) is 12.0 Å². The van der Waals surface area contributed by atoms with Crippen molar-refractivity contribution in [2.75, 3.05) is 32.1 Å². The van der Waals surface area contributed by atoms with E-state index in [1.54, 1.807) is 19.1 Å². The summed E-state index contributed by atoms with van der Waals surface area (Å²) in [4.78, 5) is 27.4. The molecule has 2 N–H and O–H groups in total. The molecule has 2 rings (SSSR count). The van der Waals surface area contributed by atoms with Crippen LogP contribution in [0.4, 0.5) is 5.69 Å². The molecule has 0 aliphatic heterocycles. The Bertz CT molecular complexity index is 717. The van der Waals surface area contributed by atoms with E-state index in [9.17, 15) is 9.59 Å². The normalized spacial score (nSPS) is 10.2. The number of amides is 2. The van der Waals surface area contributed by atoms with Gasteiger partial charge in [-0.2, -0.15) is 0 Å². The molecule has 2 aromatic carbocycles. The standard InChI is InChI=1S/C20H25N3O3/c1-22(14-16-6-4-3-5-7-16)20(25)15-23(13-12-19(21)24)17-8-10-18(26-2)11-9-17/h3-11H,12-15H2,1-2H3,(H2,21,24). The third-order valence-electron chi connectivity index (χ3n) is 4.08. The van der Waals surface area contributed by atoms with E-state index in [-0.39, 0.29) is 18.9 Å². The first-order valence-electron chi connectivity index (χ1n) is 8.45. The number of rotatable bonds is 9. The van der Waals surface area contributed by atoms with Gasteiger partial charge >= 0.3 is 0 Å². The van der Waals surface area contributed by atoms with Crippen LogP contribution >= 0.6 is 0 Å². The number of likely N-dealkylation sites (N-methyl/N-ethyl adjacent to an activating group) is 1. The molecule has 2 aromatic rings. The van der Waals surface area contributed by atoms with E-state index >= 15 is 0 Å². The highest BCUT2D eigenvalue weighted by Gasteiger charge is 2.16. The molecule has 0 aromatic heterocycles. The number of methoxy groups -OCH3 is 1. The van der Waals surface area contributed by atoms with Crippen LogP contribution in [0.2, 0.25) is 0 Å². The minimum Gasteiger partial charge on any atom is -0.497 e. The highest BCUT2D eigenvalue weighted by atomic mass is 16.5. The van der Waals surface area contributed by atoms with Crippen molar-refractivity contribution in [2.45, 2.75) is 13.0 Å². The van der Waals surface area contributed by atoms with E-state index in [4.69, 9.17) is 10.5 Å². The molecule has 0 aliphatic rings. The summed E-state index contributed by atoms with van der Waals surface area (Å²) in [5, 5.41) is 0. The van der Waals surface area contributed by atoms with Gasteiger partial charge in [-0.25, -0.2) is 0 Å². The molecule has 6 heteroatoms. The summed E-state index contributed by atoms with van der Waals surface area (Å²) in [6, 6.07) is 17.2. The van der Waals surface area contributed by atoms with Crippen LogP contribution in [0.3, 0.4) is 0 Å². The molecule has 2 amide bonds. The topological polar surface area (TPSA) is 75.9 Å². The number of anilines is 1. The summed E-state index contributed by atoms with van der Waals surface area (Å²) in [5.41, 5.74) is 7.18. The van der Waals surface area contributed by atoms with Crippen molar-refractivity contribution in [3.8, 4) is 5.75 Å². The molecule has 0 bridgehead atoms. The lowest BCUT2D eigenvalue weighted by Gasteiger charge is -2.27. The summed E-state index contributed by atoms with van der Waals surface area (Å²) < 4.78 is 5.17. The van der Waals surface area contributed by atoms with Crippen molar-refractivity contribution >= 4 is 17.5 Å². The number of nitrogens with two attached hydrogens (primary N) is 1. The van der Waals surface area contributed by atoms with Gasteiger partial charge in [0.2, 0.25) is 11.8 Å². The predicted molar refractivity (Wildman–Crippen MR) is 102 cm³/mol. The van der Waals surface area contributed by atoms with Gasteiger partial charge in [0.15, 0.2) is 0 Å². The van der Waals surface area contributed by atoms with E-state index in [2.05, 4.69) is 0 Å². The number of carbonyl (C=O) groups is 2. The second-order valence-corrected chi connectivity index (χ2v) is 6.07. The van der Waals surface area contributed by atoms with Crippen LogP contribution < -0.4 is 15.4 Å². The van der Waals surface area contributed by atoms with Gasteiger partial charge in [-0.1, -0.05) is 30.3 Å². The van der Waals surface area contributed by atoms with Crippen molar-refractivity contribution in [1.82, 2.24) is 4.90 Å². The number of hydrogen-bond acceptors (Lipinski definition) is 4. The Balaban J connectivity index is 2.06. The van der Waals surface area contributed by atoms with Crippen LogP contribution in [0.15, 0.2) is 54.6 Å². The van der Waals surface area contributed by atoms with Gasteiger partial charge in [0.05, 0.1) is 13.7 Å². The molecule has 138 valence electrons. The summed E-state index contributed by atoms with van der Waals surface area (Å²) in [6.45, 7) is 1.08. The van der Waals surface area contributed by atoms with Crippen LogP contribution in [-0.2, 0) is 16.1 Å². The van der Waals surface area contributed by atoms with Crippen molar-refractivity contribution in [3.05, 3.63) is 60.2 Å². The van der Waals surface area contributed by atoms with Crippen LogP contribution in [0.5, 0.6) is 5.75 Å². The third kappa shape index (κ3) is 5.81. The first kappa shape index (κ1) is 19.3. The number of benzene rings is 2. The lowest BCUT2D eigenvalue weighted by molar-refractivity contribution is -0.129. The maximum Gasteiger partial charge on any atom is 0.242 e. The predicted octanol–water partition coefficient (Wildman–Crippen LogP) is 2.04. The number of carbonyl (C=O) groups excluding carboxylic acids is 2. The van der Waals surface area contributed by atoms with Gasteiger partial charge in [0, 0.05) is 32.2 Å². The molecule has 0 spiro atoms. The molecule has 0 atom stereocenters. The van der Waals surface area contributed by atoms with Gasteiger partial charge in [-0.15, -0.1) is 0 Å². The van der Waals surface area contributed by atoms with E-state index in [0.717, 1.165) is 17.0 Å². The monoisotopic (exact) mass is 355 g/mol. The molecule has 6 nitrogen and oxygen atoms in total. The Labute approximate surface area is 154 Å². The molecule has 26 heavy (non-hydrogen) atoms. The van der Waals surface area contributed by atoms with Gasteiger partial charge in [0.1, 0.15) is 5.75 Å². The average Bonchev–Trinajstić information content (AvgIpc) is 2.65. The minimum absolute atomic E-state index is 0.0332. The van der Waals surface area contributed by atoms with Crippen LogP contribution in [-0.4, -0.2) is 44.0 Å². The third-order valence-corrected chi connectivity index (χ3v) is 4.08. The van der Waals surface area contributed by atoms with Crippen molar-refractivity contribution in [2.24, 2.45) is 5.73 Å². The lowest BCUT2D eigenvalue weighted by atomic mass is 10.2. The molecule has 0 radical (unpaired) electrons. The maximum absolute atomic E-state index is 12.6. The molecular weight excluding hydrogens is 330 g/mol. The highest BCUT2D eigenvalue weighted by molar-refractivity contribution is 5.82. The summed E-state index contributed by atoms with van der Waals surface area (Å²) in [5.74, 6) is 0.305. The summed E-state index contributed by atoms with van der Waals surface area (Å²) in [6.07, 6.45) is 0.182. The SMILES string of the molecule is COc1ccc(N(CCC(N)=O)CC(=O)N(C)Cc2ccccc2)cc1. The fourth-order valence-corrected chi connectivity index (χ4v) is 2.57. The Morgan fingerprint density at radius 3 is 2.27 bits per heavy atom. The zero-order chi connectivity index (χ0) is 18.9. The van der Waals surface area contributed by atoms with Gasteiger partial charge < -0.3 is 20.3 Å². The van der Waals surface area contributed by atoms with Gasteiger partial charge in [-0.3, -0.25) is 9.59 Å². The van der Waals surface area contributed by atoms with E-state index < -0.39 is 5.91 Å². The van der Waals surface area contributed by atoms with Gasteiger partial charge in [0.25, 0.3) is 0 Å². The fraction of sp³-hybridized carbons (Fsp3) is 0.300. The smallest absolute Gasteiger partial charge is 0.242 e. The molecule has 0 heterocycles. The molecule has 0 unspecified atom stereocenters. The molecule has 0 saturated heterocycles. The van der Waals surface area contributed by atoms with Crippen molar-refractivity contribution < 1.29 is 14.3 Å². The quantitative estimate of drug-likeness (QED) is 0.747. The number of hydrogen-bond donors (Lipinski definition) is 1. The Hall–Kier alpha value is -3.02. The lowest BCUT2D eigenvalue weighted by Crippen LogP contribution is -2.39. The first-order valence-corrected chi connectivity index (χ1v) is 8.45. The van der Waals surface area contributed by atoms with Gasteiger partial charge in [-0.05, 0) is 29.8 Å². The molecule has 0 fully saturated rings. The number of nitrogens with zero attached hydrogens (tertiary/aromatic N) is 2. The zero-order valence-electron chi connectivity index (χ0n) is 15.2. The van der Waals surface area contributed by atoms with Crippen molar-refractivity contribution in [1.29, 1.82) is 0 Å². The maximum atomic E-state index is 12.6. The second kappa shape index (κ2) is 9.46. The first-order chi connectivity index (χ1) is 12.5. The molecular formula is C20H25N3O3. The summed E-state index contributed by atoms with van der Waals surface area (Å²) in [7, 11) is 3.37. The van der Waals surface area contributed by atoms with Crippen LogP contribution in [0.25, 0.3) is 0 Å². The largest absolute Gasteiger partial charge is 0.497 e. The van der Waals surface area contributed by atoms with Crippen LogP contribution in [0, 0.1) is 0 Å². The molecule has 0 aliphatic carbocycles. The Morgan fingerprint density at radius 2 is 1.69 bits per heavy atom. The van der Waals surface area contributed by atoms with E-state index in [0.29, 0.717) is 13.1 Å². The average molecular weight is 355 g/mol. The Morgan fingerprint density at radius 1 is 1.04 bits per heavy atom. The Kier molecular flexibility index (Phi) is 7.02. The minimum atomic E-state index is -0.395. The summed E-state index contributed by atoms with van der Waals surface area (Å²) >= 11 is 0. The van der Waals surface area contributed by atoms with Crippen molar-refractivity contribution in [3.63, 3.8) is 0 Å². The fourth-order valence-electron chi connectivity index (χ4n) is 2.57. The number of primary amides is 1. The highest BCUT2D eigenvalue weighted by Crippen LogP contribution is 2.19. The van der Waals surface area contributed by atoms with E-state index in [1.807, 2.05) is 59.5 Å². The second-order valence-electron chi connectivity index (χ2n) is 6.07.